The van der Waals surface area contributed by atoms with Crippen LogP contribution in [0.1, 0.15) is 23.3 Å². The predicted molar refractivity (Wildman–Crippen MR) is 102 cm³/mol. The molecule has 7 nitrogen and oxygen atoms in total. The third-order valence-corrected chi connectivity index (χ3v) is 7.53. The quantitative estimate of drug-likeness (QED) is 0.814. The number of aromatic amines is 1. The predicted octanol–water partition coefficient (Wildman–Crippen LogP) is 1.75. The molecule has 0 aromatic carbocycles. The van der Waals surface area contributed by atoms with Crippen LogP contribution < -0.4 is 5.32 Å². The van der Waals surface area contributed by atoms with Crippen LogP contribution in [0.25, 0.3) is 10.9 Å². The zero-order valence-corrected chi connectivity index (χ0v) is 15.5. The number of aromatic nitrogens is 2. The zero-order valence-electron chi connectivity index (χ0n) is 14.7. The van der Waals surface area contributed by atoms with Crippen molar-refractivity contribution in [3.63, 3.8) is 0 Å². The van der Waals surface area contributed by atoms with Gasteiger partial charge in [0.05, 0.1) is 17.1 Å². The monoisotopic (exact) mass is 387 g/mol. The summed E-state index contributed by atoms with van der Waals surface area (Å²) in [5, 5.41) is 2.82. The lowest BCUT2D eigenvalue weighted by atomic mass is 10.1. The first-order valence-electron chi connectivity index (χ1n) is 8.92. The Balaban J connectivity index is 1.35. The molecule has 8 heteroatoms. The first kappa shape index (κ1) is 17.9. The molecule has 3 heterocycles. The average molecular weight is 387 g/mol. The van der Waals surface area contributed by atoms with Gasteiger partial charge in [-0.2, -0.15) is 0 Å². The van der Waals surface area contributed by atoms with Gasteiger partial charge in [-0.25, -0.2) is 8.42 Å². The van der Waals surface area contributed by atoms with Gasteiger partial charge in [0.25, 0.3) is 5.91 Å². The summed E-state index contributed by atoms with van der Waals surface area (Å²) in [4.78, 5) is 19.4. The Bertz CT molecular complexity index is 984. The number of carbonyl (C=O) groups excluding carboxylic acids is 1. The molecule has 2 aromatic heterocycles. The number of nitrogens with one attached hydrogen (secondary N) is 2. The fourth-order valence-corrected chi connectivity index (χ4v) is 5.28. The van der Waals surface area contributed by atoms with Gasteiger partial charge in [-0.05, 0) is 30.5 Å². The number of hydrogen-bond acceptors (Lipinski definition) is 5. The van der Waals surface area contributed by atoms with E-state index in [0.717, 1.165) is 16.5 Å². The maximum absolute atomic E-state index is 12.6. The summed E-state index contributed by atoms with van der Waals surface area (Å²) in [5.74, 6) is -0.210. The molecule has 1 fully saturated rings. The number of amides is 1. The maximum Gasteiger partial charge on any atom is 0.267 e. The van der Waals surface area contributed by atoms with Crippen LogP contribution in [0.4, 0.5) is 0 Å². The van der Waals surface area contributed by atoms with E-state index in [2.05, 4.69) is 15.3 Å². The first-order valence-corrected chi connectivity index (χ1v) is 10.5. The Morgan fingerprint density at radius 3 is 3.00 bits per heavy atom. The lowest BCUT2D eigenvalue weighted by Crippen LogP contribution is -2.32. The Hall–Kier alpha value is -2.45. The SMILES string of the molecule is O=C(NCC1=CCC(S(=O)(=O)[C@@H]2CCOC2)C=C1)c1cc2cnccc2[nH]1. The van der Waals surface area contributed by atoms with Gasteiger partial charge in [-0.3, -0.25) is 9.78 Å². The van der Waals surface area contributed by atoms with Gasteiger partial charge in [0, 0.05) is 36.4 Å². The molecule has 0 radical (unpaired) electrons. The average Bonchev–Trinajstić information content (AvgIpc) is 3.36. The largest absolute Gasteiger partial charge is 0.380 e. The van der Waals surface area contributed by atoms with Crippen molar-refractivity contribution in [3.8, 4) is 0 Å². The number of hydrogen-bond donors (Lipinski definition) is 2. The summed E-state index contributed by atoms with van der Waals surface area (Å²) in [6.07, 6.45) is 9.76. The summed E-state index contributed by atoms with van der Waals surface area (Å²) in [5.41, 5.74) is 2.23. The summed E-state index contributed by atoms with van der Waals surface area (Å²) >= 11 is 0. The molecule has 142 valence electrons. The number of nitrogens with zero attached hydrogens (tertiary/aromatic N) is 1. The number of pyridine rings is 1. The molecule has 0 bridgehead atoms. The van der Waals surface area contributed by atoms with Crippen LogP contribution in [-0.2, 0) is 14.6 Å². The number of carbonyl (C=O) groups is 1. The minimum absolute atomic E-state index is 0.210. The Morgan fingerprint density at radius 2 is 2.30 bits per heavy atom. The topological polar surface area (TPSA) is 101 Å². The lowest BCUT2D eigenvalue weighted by Gasteiger charge is -2.20. The van der Waals surface area contributed by atoms with Crippen LogP contribution in [0.15, 0.2) is 48.3 Å². The summed E-state index contributed by atoms with van der Waals surface area (Å²) in [6, 6.07) is 3.57. The number of allylic oxidation sites excluding steroid dienone is 1. The molecule has 4 rings (SSSR count). The second kappa shape index (κ2) is 7.28. The van der Waals surface area contributed by atoms with Gasteiger partial charge in [0.2, 0.25) is 0 Å². The minimum Gasteiger partial charge on any atom is -0.380 e. The fraction of sp³-hybridized carbons (Fsp3) is 0.368. The number of H-pyrrole nitrogens is 1. The van der Waals surface area contributed by atoms with Gasteiger partial charge in [-0.1, -0.05) is 18.2 Å². The summed E-state index contributed by atoms with van der Waals surface area (Å²) in [7, 11) is -3.23. The van der Waals surface area contributed by atoms with E-state index < -0.39 is 20.3 Å². The molecule has 2 aromatic rings. The molecule has 1 unspecified atom stereocenters. The van der Waals surface area contributed by atoms with E-state index in [4.69, 9.17) is 4.74 Å². The standard InChI is InChI=1S/C19H21N3O4S/c23-19(18-9-14-11-20-7-5-17(14)22-18)21-10-13-1-3-15(4-2-13)27(24,25)16-6-8-26-12-16/h1-3,5,7,9,11,15-16,22H,4,6,8,10,12H2,(H,21,23)/t15?,16-/m1/s1. The highest BCUT2D eigenvalue weighted by molar-refractivity contribution is 7.92. The van der Waals surface area contributed by atoms with Crippen molar-refractivity contribution in [2.24, 2.45) is 0 Å². The van der Waals surface area contributed by atoms with E-state index in [1.165, 1.54) is 0 Å². The van der Waals surface area contributed by atoms with E-state index in [0.29, 0.717) is 38.3 Å². The molecule has 1 saturated heterocycles. The molecule has 0 saturated carbocycles. The highest BCUT2D eigenvalue weighted by atomic mass is 32.2. The zero-order chi connectivity index (χ0) is 18.9. The van der Waals surface area contributed by atoms with Crippen molar-refractivity contribution < 1.29 is 17.9 Å². The number of ether oxygens (including phenoxy) is 1. The summed E-state index contributed by atoms with van der Waals surface area (Å²) in [6.45, 7) is 1.15. The van der Waals surface area contributed by atoms with Crippen molar-refractivity contribution in [1.29, 1.82) is 0 Å². The van der Waals surface area contributed by atoms with Crippen LogP contribution in [0, 0.1) is 0 Å². The number of fused-ring (bicyclic) bond motifs is 1. The molecule has 1 amide bonds. The molecule has 2 atom stereocenters. The van der Waals surface area contributed by atoms with Gasteiger partial charge in [0.1, 0.15) is 5.69 Å². The molecule has 1 aliphatic carbocycles. The first-order chi connectivity index (χ1) is 13.0. The Labute approximate surface area is 157 Å². The number of rotatable bonds is 5. The summed E-state index contributed by atoms with van der Waals surface area (Å²) < 4.78 is 30.4. The molecule has 2 aliphatic rings. The normalized spacial score (nSPS) is 22.7. The molecule has 2 N–H and O–H groups in total. The van der Waals surface area contributed by atoms with Gasteiger partial charge >= 0.3 is 0 Å². The van der Waals surface area contributed by atoms with Crippen LogP contribution in [0.2, 0.25) is 0 Å². The molecular weight excluding hydrogens is 366 g/mol. The van der Waals surface area contributed by atoms with E-state index >= 15 is 0 Å². The Morgan fingerprint density at radius 1 is 1.41 bits per heavy atom. The van der Waals surface area contributed by atoms with Gasteiger partial charge in [-0.15, -0.1) is 0 Å². The van der Waals surface area contributed by atoms with Crippen molar-refractivity contribution in [3.05, 3.63) is 54.0 Å². The molecule has 1 aliphatic heterocycles. The third-order valence-electron chi connectivity index (χ3n) is 5.03. The van der Waals surface area contributed by atoms with Crippen molar-refractivity contribution >= 4 is 26.6 Å². The smallest absolute Gasteiger partial charge is 0.267 e. The number of sulfone groups is 1. The highest BCUT2D eigenvalue weighted by Crippen LogP contribution is 2.24. The fourth-order valence-electron chi connectivity index (χ4n) is 3.41. The lowest BCUT2D eigenvalue weighted by molar-refractivity contribution is 0.0953. The molecular formula is C19H21N3O4S. The van der Waals surface area contributed by atoms with Gasteiger partial charge < -0.3 is 15.0 Å². The van der Waals surface area contributed by atoms with Crippen molar-refractivity contribution in [2.45, 2.75) is 23.3 Å². The molecule has 0 spiro atoms. The second-order valence-corrected chi connectivity index (χ2v) is 9.27. The van der Waals surface area contributed by atoms with Crippen molar-refractivity contribution in [2.75, 3.05) is 19.8 Å². The highest BCUT2D eigenvalue weighted by Gasteiger charge is 2.35. The second-order valence-electron chi connectivity index (χ2n) is 6.82. The van der Waals surface area contributed by atoms with E-state index in [9.17, 15) is 13.2 Å². The third kappa shape index (κ3) is 3.68. The van der Waals surface area contributed by atoms with Crippen LogP contribution in [0.3, 0.4) is 0 Å². The van der Waals surface area contributed by atoms with Crippen LogP contribution in [0.5, 0.6) is 0 Å². The van der Waals surface area contributed by atoms with Gasteiger partial charge in [0.15, 0.2) is 9.84 Å². The van der Waals surface area contributed by atoms with E-state index in [1.807, 2.05) is 12.1 Å². The minimum atomic E-state index is -3.23. The molecule has 27 heavy (non-hydrogen) atoms. The van der Waals surface area contributed by atoms with Crippen LogP contribution in [-0.4, -0.2) is 54.6 Å². The maximum atomic E-state index is 12.6. The van der Waals surface area contributed by atoms with Crippen LogP contribution >= 0.6 is 0 Å². The van der Waals surface area contributed by atoms with Crippen molar-refractivity contribution in [1.82, 2.24) is 15.3 Å². The van der Waals surface area contributed by atoms with E-state index in [1.54, 1.807) is 30.6 Å². The van der Waals surface area contributed by atoms with E-state index in [-0.39, 0.29) is 5.91 Å². The Kier molecular flexibility index (Phi) is 4.84.